The van der Waals surface area contributed by atoms with Gasteiger partial charge >= 0.3 is 0 Å². The summed E-state index contributed by atoms with van der Waals surface area (Å²) in [5.41, 5.74) is 3.36. The summed E-state index contributed by atoms with van der Waals surface area (Å²) in [6.45, 7) is 0. The highest BCUT2D eigenvalue weighted by Gasteiger charge is 2.34. The Labute approximate surface area is 166 Å². The molecule has 4 rings (SSSR count). The van der Waals surface area contributed by atoms with Crippen LogP contribution in [-0.2, 0) is 17.6 Å². The van der Waals surface area contributed by atoms with Gasteiger partial charge in [-0.05, 0) is 18.2 Å². The molecule has 0 saturated heterocycles. The van der Waals surface area contributed by atoms with Crippen molar-refractivity contribution >= 4 is 29.1 Å². The van der Waals surface area contributed by atoms with E-state index in [4.69, 9.17) is 0 Å². The predicted octanol–water partition coefficient (Wildman–Crippen LogP) is 3.65. The minimum Gasteiger partial charge on any atom is -0.325 e. The van der Waals surface area contributed by atoms with Crippen molar-refractivity contribution in [1.29, 1.82) is 5.26 Å². The van der Waals surface area contributed by atoms with E-state index in [0.29, 0.717) is 11.4 Å². The number of carbonyl (C=O) groups excluding carboxylic acids is 2. The van der Waals surface area contributed by atoms with Gasteiger partial charge in [-0.2, -0.15) is 10.4 Å². The third kappa shape index (κ3) is 3.08. The van der Waals surface area contributed by atoms with Crippen LogP contribution in [0.1, 0.15) is 16.1 Å². The van der Waals surface area contributed by atoms with Crippen LogP contribution in [0.2, 0.25) is 0 Å². The molecule has 1 aliphatic heterocycles. The maximum atomic E-state index is 13.0. The summed E-state index contributed by atoms with van der Waals surface area (Å²) in [4.78, 5) is 26.7. The van der Waals surface area contributed by atoms with E-state index >= 15 is 0 Å². The zero-order chi connectivity index (χ0) is 19.7. The number of fused-ring (bicyclic) bond motifs is 3. The number of anilines is 1. The smallest absolute Gasteiger partial charge is 0.249 e. The molecule has 1 amide bonds. The summed E-state index contributed by atoms with van der Waals surface area (Å²) >= 11 is 1.62. The average Bonchev–Trinajstić information content (AvgIpc) is 3.06. The summed E-state index contributed by atoms with van der Waals surface area (Å²) in [5.74, 6) is -2.12. The summed E-state index contributed by atoms with van der Waals surface area (Å²) in [6, 6.07) is 18.5. The van der Waals surface area contributed by atoms with Crippen LogP contribution < -0.4 is 5.32 Å². The molecule has 3 aromatic rings. The maximum absolute atomic E-state index is 13.0. The van der Waals surface area contributed by atoms with Crippen molar-refractivity contribution in [3.63, 3.8) is 0 Å². The Morgan fingerprint density at radius 1 is 1.18 bits per heavy atom. The lowest BCUT2D eigenvalue weighted by Crippen LogP contribution is -2.29. The van der Waals surface area contributed by atoms with Gasteiger partial charge in [0.15, 0.2) is 5.92 Å². The lowest BCUT2D eigenvalue weighted by molar-refractivity contribution is -0.117. The number of aromatic nitrogens is 2. The number of nitrogens with one attached hydrogen (secondary N) is 1. The zero-order valence-corrected chi connectivity index (χ0v) is 15.9. The van der Waals surface area contributed by atoms with Crippen LogP contribution in [-0.4, -0.2) is 21.5 Å². The van der Waals surface area contributed by atoms with E-state index < -0.39 is 17.6 Å². The largest absolute Gasteiger partial charge is 0.325 e. The van der Waals surface area contributed by atoms with Gasteiger partial charge < -0.3 is 5.32 Å². The molecule has 28 heavy (non-hydrogen) atoms. The first-order valence-electron chi connectivity index (χ1n) is 8.68. The van der Waals surface area contributed by atoms with Crippen LogP contribution in [0.15, 0.2) is 59.5 Å². The van der Waals surface area contributed by atoms with E-state index in [9.17, 15) is 14.9 Å². The summed E-state index contributed by atoms with van der Waals surface area (Å²) in [7, 11) is 1.77. The monoisotopic (exact) mass is 388 g/mol. The zero-order valence-electron chi connectivity index (χ0n) is 15.0. The number of nitriles is 1. The Morgan fingerprint density at radius 2 is 1.89 bits per heavy atom. The van der Waals surface area contributed by atoms with Gasteiger partial charge in [0.05, 0.1) is 11.8 Å². The molecule has 2 heterocycles. The third-order valence-corrected chi connectivity index (χ3v) is 5.69. The van der Waals surface area contributed by atoms with Gasteiger partial charge in [-0.3, -0.25) is 14.3 Å². The van der Waals surface area contributed by atoms with E-state index in [1.165, 1.54) is 0 Å². The fourth-order valence-corrected chi connectivity index (χ4v) is 4.35. The van der Waals surface area contributed by atoms with Crippen molar-refractivity contribution in [1.82, 2.24) is 9.78 Å². The molecule has 1 N–H and O–H groups in total. The van der Waals surface area contributed by atoms with Gasteiger partial charge in [0.25, 0.3) is 0 Å². The lowest BCUT2D eigenvalue weighted by atomic mass is 9.97. The number of nitrogens with zero attached hydrogens (tertiary/aromatic N) is 3. The molecule has 0 fully saturated rings. The van der Waals surface area contributed by atoms with E-state index in [-0.39, 0.29) is 5.69 Å². The molecule has 1 atom stereocenters. The number of aryl methyl sites for hydroxylation is 1. The number of amides is 1. The molecular formula is C21H16N4O2S. The molecule has 1 unspecified atom stereocenters. The van der Waals surface area contributed by atoms with Crippen LogP contribution >= 0.6 is 11.8 Å². The van der Waals surface area contributed by atoms with Crippen molar-refractivity contribution in [3.8, 4) is 17.3 Å². The van der Waals surface area contributed by atoms with E-state index in [1.807, 2.05) is 36.4 Å². The molecular weight excluding hydrogens is 372 g/mol. The first kappa shape index (κ1) is 18.0. The number of benzene rings is 2. The van der Waals surface area contributed by atoms with Crippen LogP contribution in [0.5, 0.6) is 0 Å². The first-order chi connectivity index (χ1) is 13.6. The second-order valence-corrected chi connectivity index (χ2v) is 7.38. The van der Waals surface area contributed by atoms with Crippen LogP contribution in [0.25, 0.3) is 11.3 Å². The standard InChI is InChI=1S/C21H16N4O2S/c1-25-19-14-9-5-6-10-17(14)28-12-16(19)18(24-25)20(26)15(11-22)21(27)23-13-7-3-2-4-8-13/h2-10,15H,12H2,1H3,(H,23,27). The van der Waals surface area contributed by atoms with Gasteiger partial charge in [0, 0.05) is 34.5 Å². The molecule has 7 heteroatoms. The molecule has 0 spiro atoms. The number of ketones is 1. The number of Topliss-reactive ketones (excluding diaryl/α,β-unsaturated/α-hetero) is 1. The van der Waals surface area contributed by atoms with Gasteiger partial charge in [0.2, 0.25) is 11.7 Å². The van der Waals surface area contributed by atoms with E-state index in [1.54, 1.807) is 47.8 Å². The van der Waals surface area contributed by atoms with Crippen molar-refractivity contribution in [3.05, 3.63) is 65.9 Å². The SMILES string of the molecule is Cn1nc(C(=O)C(C#N)C(=O)Nc2ccccc2)c2c1-c1ccccc1SC2. The third-order valence-electron chi connectivity index (χ3n) is 4.59. The highest BCUT2D eigenvalue weighted by atomic mass is 32.2. The fraction of sp³-hybridized carbons (Fsp3) is 0.143. The van der Waals surface area contributed by atoms with Crippen molar-refractivity contribution in [2.45, 2.75) is 10.6 Å². The van der Waals surface area contributed by atoms with Crippen molar-refractivity contribution in [2.24, 2.45) is 13.0 Å². The van der Waals surface area contributed by atoms with Gasteiger partial charge in [-0.25, -0.2) is 0 Å². The maximum Gasteiger partial charge on any atom is 0.249 e. The van der Waals surface area contributed by atoms with Crippen molar-refractivity contribution in [2.75, 3.05) is 5.32 Å². The highest BCUT2D eigenvalue weighted by Crippen LogP contribution is 2.42. The summed E-state index contributed by atoms with van der Waals surface area (Å²) in [6.07, 6.45) is 0. The highest BCUT2D eigenvalue weighted by molar-refractivity contribution is 7.98. The Morgan fingerprint density at radius 3 is 2.64 bits per heavy atom. The normalized spacial score (nSPS) is 13.0. The molecule has 6 nitrogen and oxygen atoms in total. The van der Waals surface area contributed by atoms with Gasteiger partial charge in [-0.1, -0.05) is 36.4 Å². The summed E-state index contributed by atoms with van der Waals surface area (Å²) < 4.78 is 1.66. The minimum absolute atomic E-state index is 0.189. The first-order valence-corrected chi connectivity index (χ1v) is 9.66. The molecule has 1 aliphatic rings. The molecule has 0 saturated carbocycles. The lowest BCUT2D eigenvalue weighted by Gasteiger charge is -2.17. The number of hydrogen-bond donors (Lipinski definition) is 1. The molecule has 0 aliphatic carbocycles. The second kappa shape index (κ2) is 7.33. The molecule has 2 aromatic carbocycles. The Bertz CT molecular complexity index is 1120. The van der Waals surface area contributed by atoms with Crippen LogP contribution in [0.3, 0.4) is 0 Å². The van der Waals surface area contributed by atoms with E-state index in [2.05, 4.69) is 10.4 Å². The number of hydrogen-bond acceptors (Lipinski definition) is 5. The number of carbonyl (C=O) groups is 2. The molecule has 1 aromatic heterocycles. The van der Waals surface area contributed by atoms with Gasteiger partial charge in [-0.15, -0.1) is 11.8 Å². The molecule has 0 radical (unpaired) electrons. The van der Waals surface area contributed by atoms with Gasteiger partial charge in [0.1, 0.15) is 5.69 Å². The van der Waals surface area contributed by atoms with Crippen LogP contribution in [0.4, 0.5) is 5.69 Å². The Kier molecular flexibility index (Phi) is 4.72. The molecule has 138 valence electrons. The topological polar surface area (TPSA) is 87.8 Å². The average molecular weight is 388 g/mol. The van der Waals surface area contributed by atoms with Crippen molar-refractivity contribution < 1.29 is 9.59 Å². The fourth-order valence-electron chi connectivity index (χ4n) is 3.29. The number of thioether (sulfide) groups is 1. The minimum atomic E-state index is -1.46. The Hall–Kier alpha value is -3.37. The molecule has 0 bridgehead atoms. The Balaban J connectivity index is 1.67. The number of para-hydroxylation sites is 1. The van der Waals surface area contributed by atoms with E-state index in [0.717, 1.165) is 21.7 Å². The summed E-state index contributed by atoms with van der Waals surface area (Å²) in [5, 5.41) is 16.5. The van der Waals surface area contributed by atoms with Crippen LogP contribution in [0, 0.1) is 17.2 Å². The second-order valence-electron chi connectivity index (χ2n) is 6.37. The number of rotatable bonds is 4. The predicted molar refractivity (Wildman–Crippen MR) is 107 cm³/mol. The quantitative estimate of drug-likeness (QED) is 0.544.